The third kappa shape index (κ3) is 8.25. The monoisotopic (exact) mass is 501 g/mol. The molecule has 0 unspecified atom stereocenters. The van der Waals surface area contributed by atoms with Gasteiger partial charge in [0.1, 0.15) is 0 Å². The number of halogens is 1. The summed E-state index contributed by atoms with van der Waals surface area (Å²) in [6.07, 6.45) is 4.73. The Morgan fingerprint density at radius 3 is 2.70 bits per heavy atom. The molecule has 8 heteroatoms. The molecule has 1 aromatic carbocycles. The number of nitrogens with zero attached hydrogens (tertiary/aromatic N) is 2. The van der Waals surface area contributed by atoms with Crippen molar-refractivity contribution in [3.05, 3.63) is 45.9 Å². The Bertz CT molecular complexity index is 747. The maximum absolute atomic E-state index is 12.1. The van der Waals surface area contributed by atoms with Gasteiger partial charge in [-0.15, -0.1) is 35.3 Å². The minimum atomic E-state index is -0.103. The summed E-state index contributed by atoms with van der Waals surface area (Å²) in [6, 6.07) is 7.88. The zero-order valence-corrected chi connectivity index (χ0v) is 19.2. The number of aryl methyl sites for hydroxylation is 2. The highest BCUT2D eigenvalue weighted by Gasteiger charge is 2.06. The molecule has 0 radical (unpaired) electrons. The Kier molecular flexibility index (Phi) is 11.0. The highest BCUT2D eigenvalue weighted by molar-refractivity contribution is 14.0. The first-order valence-corrected chi connectivity index (χ1v) is 9.73. The Morgan fingerprint density at radius 2 is 2.04 bits per heavy atom. The second kappa shape index (κ2) is 12.7. The fourth-order valence-corrected chi connectivity index (χ4v) is 3.24. The number of hydrogen-bond donors (Lipinski definition) is 3. The molecule has 0 aliphatic rings. The third-order valence-electron chi connectivity index (χ3n) is 3.84. The van der Waals surface area contributed by atoms with Crippen LogP contribution >= 0.6 is 35.3 Å². The fraction of sp³-hybridized carbons (Fsp3) is 0.421. The molecule has 0 saturated heterocycles. The van der Waals surface area contributed by atoms with E-state index in [9.17, 15) is 4.79 Å². The average Bonchev–Trinajstić information content (AvgIpc) is 3.12. The molecule has 3 N–H and O–H groups in total. The molecular formula is C19H28IN5OS. The number of aromatic nitrogens is 1. The minimum absolute atomic E-state index is 0. The van der Waals surface area contributed by atoms with Gasteiger partial charge in [-0.05, 0) is 30.5 Å². The molecular weight excluding hydrogens is 473 g/mol. The summed E-state index contributed by atoms with van der Waals surface area (Å²) >= 11 is 1.74. The largest absolute Gasteiger partial charge is 0.356 e. The number of anilines is 1. The van der Waals surface area contributed by atoms with E-state index in [1.54, 1.807) is 18.4 Å². The van der Waals surface area contributed by atoms with Crippen molar-refractivity contribution in [3.8, 4) is 0 Å². The standard InChI is InChI=1S/C19H27N5OS.HI/c1-4-14-7-6-8-15(11-14)24-17(25)13-23-19(20-3)21-10-9-18-22-12-16(5-2)26-18;/h6-8,11-12H,4-5,9-10,13H2,1-3H3,(H,24,25)(H2,20,21,23);1H. The quantitative estimate of drug-likeness (QED) is 0.295. The maximum Gasteiger partial charge on any atom is 0.243 e. The SMILES string of the molecule is CCc1cccc(NC(=O)CNC(=NC)NCCc2ncc(CC)s2)c1.I. The van der Waals surface area contributed by atoms with Crippen molar-refractivity contribution in [1.29, 1.82) is 0 Å². The third-order valence-corrected chi connectivity index (χ3v) is 5.04. The van der Waals surface area contributed by atoms with Crippen LogP contribution in [0.25, 0.3) is 0 Å². The van der Waals surface area contributed by atoms with E-state index in [0.29, 0.717) is 5.96 Å². The number of hydrogen-bond acceptors (Lipinski definition) is 4. The van der Waals surface area contributed by atoms with Crippen LogP contribution in [0.1, 0.15) is 29.3 Å². The van der Waals surface area contributed by atoms with Gasteiger partial charge in [-0.1, -0.05) is 26.0 Å². The highest BCUT2D eigenvalue weighted by atomic mass is 127. The van der Waals surface area contributed by atoms with E-state index in [2.05, 4.69) is 39.8 Å². The van der Waals surface area contributed by atoms with E-state index in [-0.39, 0.29) is 36.4 Å². The van der Waals surface area contributed by atoms with Gasteiger partial charge in [0.25, 0.3) is 0 Å². The van der Waals surface area contributed by atoms with E-state index in [0.717, 1.165) is 36.5 Å². The van der Waals surface area contributed by atoms with Gasteiger partial charge in [-0.25, -0.2) is 4.98 Å². The van der Waals surface area contributed by atoms with Gasteiger partial charge in [-0.3, -0.25) is 9.79 Å². The number of amides is 1. The maximum atomic E-state index is 12.1. The lowest BCUT2D eigenvalue weighted by atomic mass is 10.1. The highest BCUT2D eigenvalue weighted by Crippen LogP contribution is 2.13. The summed E-state index contributed by atoms with van der Waals surface area (Å²) in [6.45, 7) is 5.10. The van der Waals surface area contributed by atoms with E-state index in [1.807, 2.05) is 30.5 Å². The predicted octanol–water partition coefficient (Wildman–Crippen LogP) is 3.23. The Hall–Kier alpha value is -1.68. The molecule has 2 rings (SSSR count). The van der Waals surface area contributed by atoms with Gasteiger partial charge < -0.3 is 16.0 Å². The Labute approximate surface area is 182 Å². The van der Waals surface area contributed by atoms with E-state index in [4.69, 9.17) is 0 Å². The van der Waals surface area contributed by atoms with Crippen LogP contribution in [0, 0.1) is 0 Å². The van der Waals surface area contributed by atoms with Crippen molar-refractivity contribution in [2.45, 2.75) is 33.1 Å². The smallest absolute Gasteiger partial charge is 0.243 e. The first-order chi connectivity index (χ1) is 12.6. The summed E-state index contributed by atoms with van der Waals surface area (Å²) < 4.78 is 0. The number of carbonyl (C=O) groups is 1. The molecule has 1 amide bonds. The number of benzene rings is 1. The van der Waals surface area contributed by atoms with Crippen molar-refractivity contribution in [1.82, 2.24) is 15.6 Å². The topological polar surface area (TPSA) is 78.4 Å². The van der Waals surface area contributed by atoms with Crippen LogP contribution in [0.2, 0.25) is 0 Å². The van der Waals surface area contributed by atoms with Crippen LogP contribution in [0.5, 0.6) is 0 Å². The van der Waals surface area contributed by atoms with E-state index in [1.165, 1.54) is 10.4 Å². The first kappa shape index (κ1) is 23.4. The van der Waals surface area contributed by atoms with E-state index >= 15 is 0 Å². The lowest BCUT2D eigenvalue weighted by Crippen LogP contribution is -2.42. The first-order valence-electron chi connectivity index (χ1n) is 8.91. The van der Waals surface area contributed by atoms with Crippen molar-refractivity contribution >= 4 is 52.9 Å². The normalized spacial score (nSPS) is 10.9. The van der Waals surface area contributed by atoms with Gasteiger partial charge in [-0.2, -0.15) is 0 Å². The second-order valence-electron chi connectivity index (χ2n) is 5.78. The molecule has 148 valence electrons. The Morgan fingerprint density at radius 1 is 1.22 bits per heavy atom. The fourth-order valence-electron chi connectivity index (χ4n) is 2.37. The molecule has 2 aromatic rings. The molecule has 0 saturated carbocycles. The summed E-state index contributed by atoms with van der Waals surface area (Å²) in [5.74, 6) is 0.503. The van der Waals surface area contributed by atoms with Crippen molar-refractivity contribution in [2.24, 2.45) is 4.99 Å². The number of rotatable bonds is 8. The van der Waals surface area contributed by atoms with Crippen LogP contribution in [0.15, 0.2) is 35.5 Å². The molecule has 6 nitrogen and oxygen atoms in total. The van der Waals surface area contributed by atoms with Gasteiger partial charge in [0.15, 0.2) is 5.96 Å². The lowest BCUT2D eigenvalue weighted by Gasteiger charge is -2.12. The van der Waals surface area contributed by atoms with Gasteiger partial charge in [0, 0.05) is 36.8 Å². The summed E-state index contributed by atoms with van der Waals surface area (Å²) in [7, 11) is 1.69. The van der Waals surface area contributed by atoms with Gasteiger partial charge in [0.05, 0.1) is 11.6 Å². The van der Waals surface area contributed by atoms with Crippen molar-refractivity contribution in [2.75, 3.05) is 25.5 Å². The van der Waals surface area contributed by atoms with Crippen LogP contribution in [0.3, 0.4) is 0 Å². The molecule has 1 heterocycles. The van der Waals surface area contributed by atoms with Gasteiger partial charge >= 0.3 is 0 Å². The number of guanidine groups is 1. The Balaban J connectivity index is 0.00000364. The number of nitrogens with one attached hydrogen (secondary N) is 3. The summed E-state index contributed by atoms with van der Waals surface area (Å²) in [4.78, 5) is 21.9. The van der Waals surface area contributed by atoms with Crippen LogP contribution in [0.4, 0.5) is 5.69 Å². The molecule has 0 atom stereocenters. The molecule has 27 heavy (non-hydrogen) atoms. The molecule has 1 aromatic heterocycles. The predicted molar refractivity (Wildman–Crippen MR) is 124 cm³/mol. The number of thiazole rings is 1. The minimum Gasteiger partial charge on any atom is -0.356 e. The molecule has 0 bridgehead atoms. The zero-order valence-electron chi connectivity index (χ0n) is 16.0. The summed E-state index contributed by atoms with van der Waals surface area (Å²) in [5, 5.41) is 10.2. The molecule has 0 spiro atoms. The van der Waals surface area contributed by atoms with E-state index < -0.39 is 0 Å². The van der Waals surface area contributed by atoms with Crippen LogP contribution in [-0.2, 0) is 24.1 Å². The lowest BCUT2D eigenvalue weighted by molar-refractivity contribution is -0.115. The van der Waals surface area contributed by atoms with Crippen LogP contribution in [-0.4, -0.2) is 37.0 Å². The zero-order chi connectivity index (χ0) is 18.8. The van der Waals surface area contributed by atoms with Crippen molar-refractivity contribution < 1.29 is 4.79 Å². The van der Waals surface area contributed by atoms with Crippen molar-refractivity contribution in [3.63, 3.8) is 0 Å². The van der Waals surface area contributed by atoms with Crippen LogP contribution < -0.4 is 16.0 Å². The average molecular weight is 501 g/mol. The molecule has 0 fully saturated rings. The number of carbonyl (C=O) groups excluding carboxylic acids is 1. The number of aliphatic imine (C=N–C) groups is 1. The van der Waals surface area contributed by atoms with Gasteiger partial charge in [0.2, 0.25) is 5.91 Å². The second-order valence-corrected chi connectivity index (χ2v) is 6.98. The molecule has 0 aliphatic heterocycles. The summed E-state index contributed by atoms with van der Waals surface area (Å²) in [5.41, 5.74) is 2.01. The molecule has 0 aliphatic carbocycles.